The van der Waals surface area contributed by atoms with Crippen LogP contribution >= 0.6 is 0 Å². The Morgan fingerprint density at radius 3 is 2.50 bits per heavy atom. The van der Waals surface area contributed by atoms with Gasteiger partial charge in [-0.1, -0.05) is 39.0 Å². The topological polar surface area (TPSA) is 76.6 Å². The van der Waals surface area contributed by atoms with Crippen LogP contribution < -0.4 is 15.0 Å². The van der Waals surface area contributed by atoms with E-state index in [1.165, 1.54) is 12.8 Å². The zero-order valence-electron chi connectivity index (χ0n) is 24.2. The van der Waals surface area contributed by atoms with Gasteiger partial charge in [0, 0.05) is 13.5 Å². The van der Waals surface area contributed by atoms with Gasteiger partial charge in [0.05, 0.1) is 23.3 Å². The molecule has 1 aromatic carbocycles. The van der Waals surface area contributed by atoms with E-state index in [-0.39, 0.29) is 17.0 Å². The predicted octanol–water partition coefficient (Wildman–Crippen LogP) is 6.71. The molecule has 0 saturated heterocycles. The van der Waals surface area contributed by atoms with Crippen LogP contribution in [0.3, 0.4) is 0 Å². The average Bonchev–Trinajstić information content (AvgIpc) is 3.04. The largest absolute Gasteiger partial charge is 0.478 e. The summed E-state index contributed by atoms with van der Waals surface area (Å²) in [5, 5.41) is 3.27. The van der Waals surface area contributed by atoms with Crippen molar-refractivity contribution in [1.29, 1.82) is 0 Å². The van der Waals surface area contributed by atoms with Crippen molar-refractivity contribution in [2.24, 2.45) is 0 Å². The smallest absolute Gasteiger partial charge is 0.243 e. The van der Waals surface area contributed by atoms with Gasteiger partial charge in [0.1, 0.15) is 17.4 Å². The molecule has 1 atom stereocenters. The molecule has 1 aliphatic carbocycles. The van der Waals surface area contributed by atoms with Crippen LogP contribution in [0.5, 0.6) is 5.75 Å². The highest BCUT2D eigenvalue weighted by molar-refractivity contribution is 6.74. The molecule has 1 N–H and O–H groups in total. The zero-order valence-corrected chi connectivity index (χ0v) is 25.2. The van der Waals surface area contributed by atoms with E-state index in [1.54, 1.807) is 4.90 Å². The van der Waals surface area contributed by atoms with Gasteiger partial charge in [-0.2, -0.15) is 0 Å². The first-order valence-electron chi connectivity index (χ1n) is 13.7. The summed E-state index contributed by atoms with van der Waals surface area (Å²) in [6.07, 6.45) is 5.26. The van der Waals surface area contributed by atoms with Crippen molar-refractivity contribution in [3.63, 3.8) is 0 Å². The van der Waals surface area contributed by atoms with E-state index in [0.29, 0.717) is 24.1 Å². The Morgan fingerprint density at radius 2 is 1.84 bits per heavy atom. The number of nitrogens with zero attached hydrogens (tertiary/aromatic N) is 3. The predicted molar refractivity (Wildman–Crippen MR) is 155 cm³/mol. The second-order valence-electron chi connectivity index (χ2n) is 12.3. The third kappa shape index (κ3) is 5.59. The fourth-order valence-corrected chi connectivity index (χ4v) is 5.49. The van der Waals surface area contributed by atoms with Crippen LogP contribution in [0, 0.1) is 11.8 Å². The second kappa shape index (κ2) is 10.7. The summed E-state index contributed by atoms with van der Waals surface area (Å²) in [7, 11) is -0.171. The molecule has 1 unspecified atom stereocenters. The minimum absolute atomic E-state index is 0.0414. The number of amides is 1. The molecule has 1 aliphatic heterocycles. The lowest BCUT2D eigenvalue weighted by molar-refractivity contribution is -0.121. The molecule has 0 saturated carbocycles. The number of fused-ring (bicyclic) bond motifs is 1. The number of hydrogen-bond acceptors (Lipinski definition) is 6. The van der Waals surface area contributed by atoms with E-state index >= 15 is 0 Å². The van der Waals surface area contributed by atoms with Crippen molar-refractivity contribution in [2.45, 2.75) is 103 Å². The molecule has 0 fully saturated rings. The minimum atomic E-state index is -2.00. The SMILES string of the molecule is CNc1nc(CO[Si](C)(C)C(C)(C)C)nc2c1C(C)(C)C(=O)N2c1ccc(OC2C#CCCCCC2)cc1. The second-order valence-corrected chi connectivity index (χ2v) is 17.1. The van der Waals surface area contributed by atoms with Gasteiger partial charge in [-0.15, -0.1) is 0 Å². The Hall–Kier alpha value is -2.89. The van der Waals surface area contributed by atoms with Crippen LogP contribution in [-0.4, -0.2) is 37.3 Å². The molecule has 1 aromatic heterocycles. The number of benzene rings is 1. The van der Waals surface area contributed by atoms with Crippen molar-refractivity contribution in [1.82, 2.24) is 9.97 Å². The van der Waals surface area contributed by atoms with Crippen LogP contribution in [0.25, 0.3) is 0 Å². The van der Waals surface area contributed by atoms with E-state index in [0.717, 1.165) is 36.3 Å². The Balaban J connectivity index is 1.64. The van der Waals surface area contributed by atoms with Gasteiger partial charge in [-0.25, -0.2) is 9.97 Å². The summed E-state index contributed by atoms with van der Waals surface area (Å²) in [5.74, 6) is 9.02. The summed E-state index contributed by atoms with van der Waals surface area (Å²) in [6, 6.07) is 7.66. The number of rotatable bonds is 7. The fraction of sp³-hybridized carbons (Fsp3) is 0.567. The lowest BCUT2D eigenvalue weighted by Gasteiger charge is -2.35. The van der Waals surface area contributed by atoms with E-state index in [2.05, 4.69) is 51.0 Å². The van der Waals surface area contributed by atoms with E-state index in [1.807, 2.05) is 45.2 Å². The monoisotopic (exact) mass is 534 g/mol. The minimum Gasteiger partial charge on any atom is -0.478 e. The highest BCUT2D eigenvalue weighted by Crippen LogP contribution is 2.47. The maximum absolute atomic E-state index is 13.7. The number of carbonyl (C=O) groups is 1. The van der Waals surface area contributed by atoms with Gasteiger partial charge >= 0.3 is 0 Å². The lowest BCUT2D eigenvalue weighted by atomic mass is 9.87. The molecular formula is C30H42N4O3Si. The number of anilines is 3. The molecule has 1 amide bonds. The Labute approximate surface area is 228 Å². The highest BCUT2D eigenvalue weighted by Gasteiger charge is 2.48. The normalized spacial score (nSPS) is 19.2. The van der Waals surface area contributed by atoms with Crippen molar-refractivity contribution in [3.05, 3.63) is 35.7 Å². The third-order valence-electron chi connectivity index (χ3n) is 8.02. The maximum atomic E-state index is 13.7. The quantitative estimate of drug-likeness (QED) is 0.314. The maximum Gasteiger partial charge on any atom is 0.243 e. The number of hydrogen-bond donors (Lipinski definition) is 1. The molecular weight excluding hydrogens is 492 g/mol. The first kappa shape index (κ1) is 28.1. The lowest BCUT2D eigenvalue weighted by Crippen LogP contribution is -2.40. The Kier molecular flexibility index (Phi) is 7.92. The van der Waals surface area contributed by atoms with Crippen LogP contribution in [0.1, 0.15) is 78.1 Å². The summed E-state index contributed by atoms with van der Waals surface area (Å²) >= 11 is 0. The fourth-order valence-electron chi connectivity index (χ4n) is 4.56. The van der Waals surface area contributed by atoms with Crippen LogP contribution in [0.2, 0.25) is 18.1 Å². The Bertz CT molecular complexity index is 1240. The van der Waals surface area contributed by atoms with E-state index in [4.69, 9.17) is 19.1 Å². The van der Waals surface area contributed by atoms with Gasteiger partial charge in [0.25, 0.3) is 0 Å². The molecule has 4 rings (SSSR count). The molecule has 38 heavy (non-hydrogen) atoms. The molecule has 8 heteroatoms. The van der Waals surface area contributed by atoms with E-state index < -0.39 is 13.7 Å². The molecule has 0 spiro atoms. The molecule has 204 valence electrons. The summed E-state index contributed by atoms with van der Waals surface area (Å²) in [4.78, 5) is 25.1. The van der Waals surface area contributed by atoms with Crippen LogP contribution in [0.4, 0.5) is 17.3 Å². The Morgan fingerprint density at radius 1 is 1.13 bits per heavy atom. The molecule has 2 heterocycles. The standard InChI is InChI=1S/C30H42N4O3Si/c1-29(2,3)38(7,8)36-20-24-32-26(31-6)25-27(33-24)34(28(35)30(25,4)5)21-16-18-23(19-17-21)37-22-14-12-10-9-11-13-15-22/h16-19,22H,9-12,14,20H2,1-8H3,(H,31,32,33). The van der Waals surface area contributed by atoms with Gasteiger partial charge in [-0.05, 0) is 75.5 Å². The van der Waals surface area contributed by atoms with Gasteiger partial charge < -0.3 is 14.5 Å². The molecule has 2 aliphatic rings. The number of aromatic nitrogens is 2. The van der Waals surface area contributed by atoms with Crippen molar-refractivity contribution >= 4 is 31.5 Å². The number of ether oxygens (including phenoxy) is 1. The first-order valence-corrected chi connectivity index (χ1v) is 16.6. The zero-order chi connectivity index (χ0) is 27.7. The van der Waals surface area contributed by atoms with Crippen LogP contribution in [0.15, 0.2) is 24.3 Å². The number of nitrogens with one attached hydrogen (secondary N) is 1. The summed E-state index contributed by atoms with van der Waals surface area (Å²) in [5.41, 5.74) is 0.761. The first-order chi connectivity index (χ1) is 17.8. The molecule has 0 bridgehead atoms. The summed E-state index contributed by atoms with van der Waals surface area (Å²) < 4.78 is 12.6. The van der Waals surface area contributed by atoms with Gasteiger partial charge in [0.2, 0.25) is 5.91 Å². The van der Waals surface area contributed by atoms with Crippen molar-refractivity contribution in [3.8, 4) is 17.6 Å². The molecule has 0 radical (unpaired) electrons. The average molecular weight is 535 g/mol. The number of carbonyl (C=O) groups excluding carboxylic acids is 1. The van der Waals surface area contributed by atoms with Gasteiger partial charge in [0.15, 0.2) is 20.2 Å². The highest BCUT2D eigenvalue weighted by atomic mass is 28.4. The van der Waals surface area contributed by atoms with Gasteiger partial charge in [-0.3, -0.25) is 9.69 Å². The van der Waals surface area contributed by atoms with E-state index in [9.17, 15) is 4.79 Å². The molecule has 7 nitrogen and oxygen atoms in total. The molecule has 2 aromatic rings. The van der Waals surface area contributed by atoms with Crippen molar-refractivity contribution < 1.29 is 14.0 Å². The summed E-state index contributed by atoms with van der Waals surface area (Å²) in [6.45, 7) is 15.2. The van der Waals surface area contributed by atoms with Crippen LogP contribution in [-0.2, 0) is 21.2 Å². The third-order valence-corrected chi connectivity index (χ3v) is 12.5. The van der Waals surface area contributed by atoms with Crippen molar-refractivity contribution in [2.75, 3.05) is 17.3 Å².